The van der Waals surface area contributed by atoms with Gasteiger partial charge in [0.05, 0.1) is 19.0 Å². The number of piperidine rings is 1. The summed E-state index contributed by atoms with van der Waals surface area (Å²) in [4.78, 5) is 27.6. The molecule has 3 aromatic rings. The summed E-state index contributed by atoms with van der Waals surface area (Å²) in [5, 5.41) is 0. The van der Waals surface area contributed by atoms with Crippen molar-refractivity contribution in [2.75, 3.05) is 20.2 Å². The van der Waals surface area contributed by atoms with E-state index in [9.17, 15) is 4.79 Å². The monoisotopic (exact) mass is 374 g/mol. The zero-order chi connectivity index (χ0) is 19.3. The summed E-state index contributed by atoms with van der Waals surface area (Å²) >= 11 is 0. The van der Waals surface area contributed by atoms with Crippen molar-refractivity contribution in [1.29, 1.82) is 0 Å². The Labute approximate surface area is 164 Å². The quantitative estimate of drug-likeness (QED) is 0.698. The van der Waals surface area contributed by atoms with Crippen molar-refractivity contribution >= 4 is 5.91 Å². The number of carbonyl (C=O) groups is 1. The predicted octanol–water partition coefficient (Wildman–Crippen LogP) is 3.57. The molecule has 1 amide bonds. The summed E-state index contributed by atoms with van der Waals surface area (Å²) < 4.78 is 5.48. The van der Waals surface area contributed by atoms with Crippen LogP contribution in [0.15, 0.2) is 61.1 Å². The Morgan fingerprint density at radius 2 is 2.04 bits per heavy atom. The summed E-state index contributed by atoms with van der Waals surface area (Å²) in [6.45, 7) is 1.37. The largest absolute Gasteiger partial charge is 0.496 e. The van der Waals surface area contributed by atoms with E-state index in [2.05, 4.69) is 9.97 Å². The van der Waals surface area contributed by atoms with E-state index in [0.29, 0.717) is 12.2 Å². The summed E-state index contributed by atoms with van der Waals surface area (Å²) in [5.41, 5.74) is 3.24. The maximum atomic E-state index is 12.7. The standard InChI is InChI=1S/C22H22N4O2/c1-28-21-10-3-2-7-17(21)19-9-4-8-18(25-19)16-6-5-13-26(15-16)22(27)20-14-23-11-12-24-20/h2-4,7-12,14,16H,5-6,13,15H2,1H3/t16-/m0/s1. The molecule has 1 aliphatic heterocycles. The summed E-state index contributed by atoms with van der Waals surface area (Å²) in [6.07, 6.45) is 6.59. The maximum Gasteiger partial charge on any atom is 0.274 e. The first-order valence-electron chi connectivity index (χ1n) is 9.42. The highest BCUT2D eigenvalue weighted by atomic mass is 16.5. The van der Waals surface area contributed by atoms with Crippen LogP contribution in [0.4, 0.5) is 0 Å². The van der Waals surface area contributed by atoms with Crippen molar-refractivity contribution < 1.29 is 9.53 Å². The van der Waals surface area contributed by atoms with Gasteiger partial charge in [-0.15, -0.1) is 0 Å². The van der Waals surface area contributed by atoms with E-state index < -0.39 is 0 Å². The molecule has 0 radical (unpaired) electrons. The first kappa shape index (κ1) is 18.1. The number of likely N-dealkylation sites (tertiary alicyclic amines) is 1. The van der Waals surface area contributed by atoms with Crippen LogP contribution < -0.4 is 4.74 Å². The highest BCUT2D eigenvalue weighted by Crippen LogP contribution is 2.31. The number of carbonyl (C=O) groups excluding carboxylic acids is 1. The van der Waals surface area contributed by atoms with Crippen LogP contribution in [-0.2, 0) is 0 Å². The molecule has 2 aromatic heterocycles. The molecule has 0 aliphatic carbocycles. The van der Waals surface area contributed by atoms with Crippen LogP contribution in [0.5, 0.6) is 5.75 Å². The zero-order valence-electron chi connectivity index (χ0n) is 15.8. The first-order valence-corrected chi connectivity index (χ1v) is 9.42. The van der Waals surface area contributed by atoms with E-state index >= 15 is 0 Å². The lowest BCUT2D eigenvalue weighted by Crippen LogP contribution is -2.39. The van der Waals surface area contributed by atoms with Gasteiger partial charge in [-0.05, 0) is 37.1 Å². The Morgan fingerprint density at radius 1 is 1.14 bits per heavy atom. The average Bonchev–Trinajstić information content (AvgIpc) is 2.79. The van der Waals surface area contributed by atoms with Gasteiger partial charge in [-0.3, -0.25) is 14.8 Å². The molecule has 0 spiro atoms. The molecule has 0 unspecified atom stereocenters. The van der Waals surface area contributed by atoms with Crippen LogP contribution in [0.3, 0.4) is 0 Å². The fraction of sp³-hybridized carbons (Fsp3) is 0.273. The normalized spacial score (nSPS) is 16.6. The van der Waals surface area contributed by atoms with Crippen molar-refractivity contribution in [3.63, 3.8) is 0 Å². The summed E-state index contributed by atoms with van der Waals surface area (Å²) in [6, 6.07) is 13.9. The summed E-state index contributed by atoms with van der Waals surface area (Å²) in [5.74, 6) is 0.929. The molecular weight excluding hydrogens is 352 g/mol. The molecule has 6 nitrogen and oxygen atoms in total. The Morgan fingerprint density at radius 3 is 2.86 bits per heavy atom. The number of nitrogens with zero attached hydrogens (tertiary/aromatic N) is 4. The van der Waals surface area contributed by atoms with E-state index in [1.165, 1.54) is 6.20 Å². The minimum Gasteiger partial charge on any atom is -0.496 e. The van der Waals surface area contributed by atoms with Crippen molar-refractivity contribution in [3.05, 3.63) is 72.4 Å². The Bertz CT molecular complexity index is 962. The number of pyridine rings is 1. The number of hydrogen-bond acceptors (Lipinski definition) is 5. The first-order chi connectivity index (χ1) is 13.8. The second-order valence-electron chi connectivity index (χ2n) is 6.83. The molecule has 0 bridgehead atoms. The van der Waals surface area contributed by atoms with Crippen LogP contribution in [0.2, 0.25) is 0 Å². The van der Waals surface area contributed by atoms with Crippen molar-refractivity contribution in [2.45, 2.75) is 18.8 Å². The van der Waals surface area contributed by atoms with E-state index in [-0.39, 0.29) is 11.8 Å². The number of hydrogen-bond donors (Lipinski definition) is 0. The molecule has 28 heavy (non-hydrogen) atoms. The molecule has 1 aliphatic rings. The van der Waals surface area contributed by atoms with Crippen molar-refractivity contribution in [2.24, 2.45) is 0 Å². The summed E-state index contributed by atoms with van der Waals surface area (Å²) in [7, 11) is 1.67. The van der Waals surface area contributed by atoms with E-state index in [4.69, 9.17) is 9.72 Å². The number of methoxy groups -OCH3 is 1. The average molecular weight is 374 g/mol. The van der Waals surface area contributed by atoms with Gasteiger partial charge in [0, 0.05) is 42.7 Å². The number of rotatable bonds is 4. The Hall–Kier alpha value is -3.28. The minimum atomic E-state index is -0.0707. The lowest BCUT2D eigenvalue weighted by atomic mass is 9.93. The Balaban J connectivity index is 1.57. The molecule has 142 valence electrons. The van der Waals surface area contributed by atoms with Crippen LogP contribution in [-0.4, -0.2) is 46.0 Å². The van der Waals surface area contributed by atoms with Crippen molar-refractivity contribution in [1.82, 2.24) is 19.9 Å². The number of benzene rings is 1. The molecule has 1 saturated heterocycles. The number of aromatic nitrogens is 3. The van der Waals surface area contributed by atoms with Gasteiger partial charge in [0.1, 0.15) is 11.4 Å². The SMILES string of the molecule is COc1ccccc1-c1cccc([C@H]2CCCN(C(=O)c3cnccn3)C2)n1. The van der Waals surface area contributed by atoms with E-state index in [1.54, 1.807) is 19.5 Å². The van der Waals surface area contributed by atoms with Crippen LogP contribution >= 0.6 is 0 Å². The molecule has 1 aromatic carbocycles. The smallest absolute Gasteiger partial charge is 0.274 e. The van der Waals surface area contributed by atoms with Gasteiger partial charge < -0.3 is 9.64 Å². The molecule has 3 heterocycles. The van der Waals surface area contributed by atoms with Gasteiger partial charge in [0.15, 0.2) is 0 Å². The lowest BCUT2D eigenvalue weighted by molar-refractivity contribution is 0.0699. The molecule has 1 fully saturated rings. The third-order valence-corrected chi connectivity index (χ3v) is 5.06. The van der Waals surface area contributed by atoms with Gasteiger partial charge in [-0.1, -0.05) is 18.2 Å². The van der Waals surface area contributed by atoms with Crippen LogP contribution in [0, 0.1) is 0 Å². The number of ether oxygens (including phenoxy) is 1. The highest BCUT2D eigenvalue weighted by Gasteiger charge is 2.27. The van der Waals surface area contributed by atoms with Gasteiger partial charge in [-0.25, -0.2) is 4.98 Å². The zero-order valence-corrected chi connectivity index (χ0v) is 15.8. The molecule has 0 N–H and O–H groups in total. The number of para-hydroxylation sites is 1. The van der Waals surface area contributed by atoms with Crippen LogP contribution in [0.25, 0.3) is 11.3 Å². The molecule has 6 heteroatoms. The van der Waals surface area contributed by atoms with Gasteiger partial charge in [0.2, 0.25) is 0 Å². The van der Waals surface area contributed by atoms with Gasteiger partial charge in [-0.2, -0.15) is 0 Å². The molecular formula is C22H22N4O2. The maximum absolute atomic E-state index is 12.7. The number of amides is 1. The third kappa shape index (κ3) is 3.71. The van der Waals surface area contributed by atoms with E-state index in [0.717, 1.165) is 42.1 Å². The fourth-order valence-corrected chi connectivity index (χ4v) is 3.66. The molecule has 0 saturated carbocycles. The highest BCUT2D eigenvalue weighted by molar-refractivity contribution is 5.92. The minimum absolute atomic E-state index is 0.0707. The van der Waals surface area contributed by atoms with E-state index in [1.807, 2.05) is 47.4 Å². The van der Waals surface area contributed by atoms with Gasteiger partial charge in [0.25, 0.3) is 5.91 Å². The van der Waals surface area contributed by atoms with Gasteiger partial charge >= 0.3 is 0 Å². The lowest BCUT2D eigenvalue weighted by Gasteiger charge is -2.32. The van der Waals surface area contributed by atoms with Crippen LogP contribution in [0.1, 0.15) is 34.9 Å². The Kier molecular flexibility index (Phi) is 5.28. The molecule has 4 rings (SSSR count). The molecule has 1 atom stereocenters. The second kappa shape index (κ2) is 8.17. The van der Waals surface area contributed by atoms with Crippen molar-refractivity contribution in [3.8, 4) is 17.0 Å². The second-order valence-corrected chi connectivity index (χ2v) is 6.83. The predicted molar refractivity (Wildman–Crippen MR) is 106 cm³/mol. The fourth-order valence-electron chi connectivity index (χ4n) is 3.66. The third-order valence-electron chi connectivity index (χ3n) is 5.06. The topological polar surface area (TPSA) is 68.2 Å².